The lowest BCUT2D eigenvalue weighted by Crippen LogP contribution is -2.39. The molecule has 4 rings (SSSR count). The van der Waals surface area contributed by atoms with Gasteiger partial charge in [0.1, 0.15) is 12.4 Å². The van der Waals surface area contributed by atoms with Crippen LogP contribution < -0.4 is 10.1 Å². The maximum absolute atomic E-state index is 13.3. The first-order chi connectivity index (χ1) is 14.8. The average molecular weight is 432 g/mol. The Bertz CT molecular complexity index is 955. The lowest BCUT2D eigenvalue weighted by Gasteiger charge is -2.26. The van der Waals surface area contributed by atoms with Crippen molar-refractivity contribution in [1.29, 1.82) is 0 Å². The highest BCUT2D eigenvalue weighted by molar-refractivity contribution is 5.96. The Morgan fingerprint density at radius 1 is 1.03 bits per heavy atom. The van der Waals surface area contributed by atoms with Crippen molar-refractivity contribution in [2.24, 2.45) is 0 Å². The van der Waals surface area contributed by atoms with Gasteiger partial charge in [-0.3, -0.25) is 9.59 Å². The van der Waals surface area contributed by atoms with E-state index >= 15 is 0 Å². The molecule has 1 saturated carbocycles. The lowest BCUT2D eigenvalue weighted by molar-refractivity contribution is -0.138. The molecule has 1 saturated heterocycles. The van der Waals surface area contributed by atoms with Crippen LogP contribution in [0, 0.1) is 0 Å². The third-order valence-corrected chi connectivity index (χ3v) is 5.57. The molecule has 2 aromatic rings. The van der Waals surface area contributed by atoms with E-state index in [2.05, 4.69) is 5.32 Å². The molecule has 0 spiro atoms. The van der Waals surface area contributed by atoms with E-state index in [9.17, 15) is 22.8 Å². The summed E-state index contributed by atoms with van der Waals surface area (Å²) < 4.78 is 45.7. The molecule has 0 unspecified atom stereocenters. The van der Waals surface area contributed by atoms with Gasteiger partial charge in [0.15, 0.2) is 0 Å². The van der Waals surface area contributed by atoms with Gasteiger partial charge in [-0.1, -0.05) is 12.1 Å². The van der Waals surface area contributed by atoms with E-state index in [0.29, 0.717) is 30.7 Å². The minimum absolute atomic E-state index is 0.120. The molecule has 2 fully saturated rings. The predicted molar refractivity (Wildman–Crippen MR) is 108 cm³/mol. The lowest BCUT2D eigenvalue weighted by atomic mass is 10.1. The summed E-state index contributed by atoms with van der Waals surface area (Å²) in [5, 5.41) is 2.91. The molecule has 8 heteroatoms. The second-order valence-electron chi connectivity index (χ2n) is 7.92. The van der Waals surface area contributed by atoms with E-state index in [-0.39, 0.29) is 30.2 Å². The SMILES string of the molecule is O=C(NC1CC1)c1ccc(OC[C@H]2CCCN2C(=O)c2ccccc2C(F)(F)F)cc1. The van der Waals surface area contributed by atoms with E-state index < -0.39 is 17.6 Å². The highest BCUT2D eigenvalue weighted by Gasteiger charge is 2.38. The number of alkyl halides is 3. The molecule has 0 bridgehead atoms. The minimum Gasteiger partial charge on any atom is -0.491 e. The van der Waals surface area contributed by atoms with Crippen molar-refractivity contribution in [3.63, 3.8) is 0 Å². The van der Waals surface area contributed by atoms with Gasteiger partial charge in [0.25, 0.3) is 11.8 Å². The second kappa shape index (κ2) is 8.61. The number of hydrogen-bond acceptors (Lipinski definition) is 3. The van der Waals surface area contributed by atoms with Gasteiger partial charge in [0.05, 0.1) is 17.2 Å². The molecule has 164 valence electrons. The molecule has 2 aromatic carbocycles. The number of nitrogens with one attached hydrogen (secondary N) is 1. The van der Waals surface area contributed by atoms with Crippen LogP contribution in [0.1, 0.15) is 52.0 Å². The monoisotopic (exact) mass is 432 g/mol. The number of carbonyl (C=O) groups excluding carboxylic acids is 2. The van der Waals surface area contributed by atoms with Crippen LogP contribution in [0.2, 0.25) is 0 Å². The number of halogens is 3. The Labute approximate surface area is 178 Å². The Balaban J connectivity index is 1.39. The molecule has 5 nitrogen and oxygen atoms in total. The van der Waals surface area contributed by atoms with Crippen molar-refractivity contribution in [3.8, 4) is 5.75 Å². The first-order valence-corrected chi connectivity index (χ1v) is 10.3. The van der Waals surface area contributed by atoms with Gasteiger partial charge in [-0.25, -0.2) is 0 Å². The van der Waals surface area contributed by atoms with Gasteiger partial charge in [-0.2, -0.15) is 13.2 Å². The van der Waals surface area contributed by atoms with Crippen molar-refractivity contribution in [2.75, 3.05) is 13.2 Å². The summed E-state index contributed by atoms with van der Waals surface area (Å²) >= 11 is 0. The van der Waals surface area contributed by atoms with Crippen molar-refractivity contribution in [3.05, 3.63) is 65.2 Å². The Kier molecular flexibility index (Phi) is 5.89. The summed E-state index contributed by atoms with van der Waals surface area (Å²) in [6.07, 6.45) is -1.21. The van der Waals surface area contributed by atoms with Gasteiger partial charge >= 0.3 is 6.18 Å². The Morgan fingerprint density at radius 3 is 2.42 bits per heavy atom. The van der Waals surface area contributed by atoms with Gasteiger partial charge in [0.2, 0.25) is 0 Å². The molecule has 0 radical (unpaired) electrons. The molecule has 1 aliphatic heterocycles. The van der Waals surface area contributed by atoms with Crippen LogP contribution >= 0.6 is 0 Å². The number of benzene rings is 2. The third-order valence-electron chi connectivity index (χ3n) is 5.57. The zero-order valence-electron chi connectivity index (χ0n) is 16.8. The Morgan fingerprint density at radius 2 is 1.74 bits per heavy atom. The fourth-order valence-electron chi connectivity index (χ4n) is 3.74. The van der Waals surface area contributed by atoms with Crippen molar-refractivity contribution >= 4 is 11.8 Å². The summed E-state index contributed by atoms with van der Waals surface area (Å²) in [5.74, 6) is -0.214. The summed E-state index contributed by atoms with van der Waals surface area (Å²) in [7, 11) is 0. The number of rotatable bonds is 6. The number of amides is 2. The van der Waals surface area contributed by atoms with Crippen LogP contribution in [0.5, 0.6) is 5.75 Å². The standard InChI is InChI=1S/C23H23F3N2O3/c24-23(25,26)20-6-2-1-5-19(20)22(30)28-13-3-4-17(28)14-31-18-11-7-15(8-12-18)21(29)27-16-9-10-16/h1-2,5-8,11-12,16-17H,3-4,9-10,13-14H2,(H,27,29)/t17-/m1/s1. The number of carbonyl (C=O) groups is 2. The Hall–Kier alpha value is -3.03. The van der Waals surface area contributed by atoms with Crippen LogP contribution in [0.4, 0.5) is 13.2 Å². The van der Waals surface area contributed by atoms with Crippen molar-refractivity contribution in [1.82, 2.24) is 10.2 Å². The van der Waals surface area contributed by atoms with Gasteiger partial charge in [-0.15, -0.1) is 0 Å². The molecule has 2 aliphatic rings. The molecule has 1 aliphatic carbocycles. The molecule has 31 heavy (non-hydrogen) atoms. The molecule has 1 N–H and O–H groups in total. The van der Waals surface area contributed by atoms with Crippen LogP contribution in [0.25, 0.3) is 0 Å². The zero-order chi connectivity index (χ0) is 22.0. The summed E-state index contributed by atoms with van der Waals surface area (Å²) in [6, 6.07) is 11.5. The van der Waals surface area contributed by atoms with Gasteiger partial charge in [0, 0.05) is 18.2 Å². The van der Waals surface area contributed by atoms with Crippen LogP contribution in [-0.4, -0.2) is 41.9 Å². The molecule has 0 aromatic heterocycles. The number of hydrogen-bond donors (Lipinski definition) is 1. The summed E-state index contributed by atoms with van der Waals surface area (Å²) in [5.41, 5.74) is -0.722. The zero-order valence-corrected chi connectivity index (χ0v) is 16.8. The number of ether oxygens (including phenoxy) is 1. The smallest absolute Gasteiger partial charge is 0.417 e. The highest BCUT2D eigenvalue weighted by atomic mass is 19.4. The van der Waals surface area contributed by atoms with Crippen LogP contribution in [-0.2, 0) is 6.18 Å². The van der Waals surface area contributed by atoms with Crippen LogP contribution in [0.15, 0.2) is 48.5 Å². The largest absolute Gasteiger partial charge is 0.491 e. The quantitative estimate of drug-likeness (QED) is 0.741. The fourth-order valence-corrected chi connectivity index (χ4v) is 3.74. The highest BCUT2D eigenvalue weighted by Crippen LogP contribution is 2.33. The van der Waals surface area contributed by atoms with E-state index in [1.807, 2.05) is 0 Å². The van der Waals surface area contributed by atoms with E-state index in [1.165, 1.54) is 23.1 Å². The minimum atomic E-state index is -4.59. The van der Waals surface area contributed by atoms with E-state index in [0.717, 1.165) is 18.9 Å². The van der Waals surface area contributed by atoms with Crippen molar-refractivity contribution in [2.45, 2.75) is 43.9 Å². The summed E-state index contributed by atoms with van der Waals surface area (Å²) in [6.45, 7) is 0.562. The molecule has 2 amide bonds. The van der Waals surface area contributed by atoms with Crippen molar-refractivity contribution < 1.29 is 27.5 Å². The molecule has 1 atom stereocenters. The molecular formula is C23H23F3N2O3. The normalized spacial score (nSPS) is 18.7. The molecule has 1 heterocycles. The molecular weight excluding hydrogens is 409 g/mol. The van der Waals surface area contributed by atoms with Gasteiger partial charge < -0.3 is 15.0 Å². The van der Waals surface area contributed by atoms with E-state index in [4.69, 9.17) is 4.74 Å². The van der Waals surface area contributed by atoms with E-state index in [1.54, 1.807) is 24.3 Å². The number of likely N-dealkylation sites (tertiary alicyclic amines) is 1. The topological polar surface area (TPSA) is 58.6 Å². The maximum Gasteiger partial charge on any atom is 0.417 e. The second-order valence-corrected chi connectivity index (χ2v) is 7.92. The third kappa shape index (κ3) is 5.00. The number of nitrogens with zero attached hydrogens (tertiary/aromatic N) is 1. The predicted octanol–water partition coefficient (Wildman–Crippen LogP) is 4.28. The first kappa shape index (κ1) is 21.2. The maximum atomic E-state index is 13.3. The fraction of sp³-hybridized carbons (Fsp3) is 0.391. The average Bonchev–Trinajstić information content (AvgIpc) is 3.44. The van der Waals surface area contributed by atoms with Gasteiger partial charge in [-0.05, 0) is 62.1 Å². The first-order valence-electron chi connectivity index (χ1n) is 10.3. The summed E-state index contributed by atoms with van der Waals surface area (Å²) in [4.78, 5) is 26.4. The van der Waals surface area contributed by atoms with Crippen LogP contribution in [0.3, 0.4) is 0 Å².